The number of rotatable bonds is 4. The molecule has 0 aromatic rings. The quantitative estimate of drug-likeness (QED) is 0.678. The third-order valence-electron chi connectivity index (χ3n) is 3.73. The highest BCUT2D eigenvalue weighted by molar-refractivity contribution is 4.97. The number of nitrogens with one attached hydrogen (secondary N) is 1. The van der Waals surface area contributed by atoms with Crippen LogP contribution in [0, 0.1) is 17.3 Å². The minimum atomic E-state index is 0.649. The highest BCUT2D eigenvalue weighted by atomic mass is 14.9. The number of hydrogen-bond donors (Lipinski definition) is 1. The van der Waals surface area contributed by atoms with Crippen LogP contribution in [0.25, 0.3) is 0 Å². The molecule has 2 aliphatic rings. The first-order valence-electron chi connectivity index (χ1n) is 5.33. The Balaban J connectivity index is 1.62. The van der Waals surface area contributed by atoms with E-state index in [0.29, 0.717) is 5.41 Å². The van der Waals surface area contributed by atoms with Gasteiger partial charge in [0, 0.05) is 6.04 Å². The lowest BCUT2D eigenvalue weighted by molar-refractivity contribution is 0.449. The maximum atomic E-state index is 3.66. The standard InChI is InChI=1S/C11H21N/c1-8(9-4-5-9)12-7-10-6-11(10,2)3/h8-10,12H,4-7H2,1-3H3. The van der Waals surface area contributed by atoms with E-state index in [4.69, 9.17) is 0 Å². The Labute approximate surface area is 75.9 Å². The summed E-state index contributed by atoms with van der Waals surface area (Å²) < 4.78 is 0. The molecule has 0 saturated heterocycles. The van der Waals surface area contributed by atoms with E-state index in [1.165, 1.54) is 25.8 Å². The van der Waals surface area contributed by atoms with Crippen molar-refractivity contribution in [3.63, 3.8) is 0 Å². The molecule has 0 aliphatic heterocycles. The lowest BCUT2D eigenvalue weighted by atomic mass is 10.1. The Morgan fingerprint density at radius 2 is 2.00 bits per heavy atom. The summed E-state index contributed by atoms with van der Waals surface area (Å²) in [5.41, 5.74) is 0.649. The van der Waals surface area contributed by atoms with Crippen LogP contribution >= 0.6 is 0 Å². The summed E-state index contributed by atoms with van der Waals surface area (Å²) in [6, 6.07) is 0.779. The molecule has 1 nitrogen and oxygen atoms in total. The average molecular weight is 167 g/mol. The zero-order valence-corrected chi connectivity index (χ0v) is 8.56. The van der Waals surface area contributed by atoms with Crippen LogP contribution in [0.5, 0.6) is 0 Å². The predicted molar refractivity (Wildman–Crippen MR) is 52.1 cm³/mol. The van der Waals surface area contributed by atoms with Crippen molar-refractivity contribution < 1.29 is 0 Å². The lowest BCUT2D eigenvalue weighted by Gasteiger charge is -2.12. The van der Waals surface area contributed by atoms with Crippen molar-refractivity contribution in [3.8, 4) is 0 Å². The molecule has 0 aromatic heterocycles. The first-order chi connectivity index (χ1) is 5.59. The highest BCUT2D eigenvalue weighted by Gasteiger charge is 2.45. The Bertz CT molecular complexity index is 168. The second kappa shape index (κ2) is 2.73. The van der Waals surface area contributed by atoms with Crippen LogP contribution in [0.2, 0.25) is 0 Å². The Hall–Kier alpha value is -0.0400. The van der Waals surface area contributed by atoms with Crippen LogP contribution in [0.3, 0.4) is 0 Å². The first-order valence-corrected chi connectivity index (χ1v) is 5.33. The molecule has 2 saturated carbocycles. The fourth-order valence-electron chi connectivity index (χ4n) is 2.02. The van der Waals surface area contributed by atoms with Crippen molar-refractivity contribution in [2.24, 2.45) is 17.3 Å². The van der Waals surface area contributed by atoms with E-state index in [2.05, 4.69) is 26.1 Å². The zero-order valence-electron chi connectivity index (χ0n) is 8.56. The van der Waals surface area contributed by atoms with E-state index in [9.17, 15) is 0 Å². The van der Waals surface area contributed by atoms with Crippen molar-refractivity contribution in [2.75, 3.05) is 6.54 Å². The van der Waals surface area contributed by atoms with E-state index < -0.39 is 0 Å². The van der Waals surface area contributed by atoms with Gasteiger partial charge in [0.1, 0.15) is 0 Å². The second-order valence-corrected chi connectivity index (χ2v) is 5.42. The van der Waals surface area contributed by atoms with Gasteiger partial charge in [-0.1, -0.05) is 13.8 Å². The van der Waals surface area contributed by atoms with Gasteiger partial charge in [-0.15, -0.1) is 0 Å². The second-order valence-electron chi connectivity index (χ2n) is 5.42. The maximum absolute atomic E-state index is 3.66. The van der Waals surface area contributed by atoms with Gasteiger partial charge in [-0.25, -0.2) is 0 Å². The van der Waals surface area contributed by atoms with Crippen LogP contribution in [0.1, 0.15) is 40.0 Å². The summed E-state index contributed by atoms with van der Waals surface area (Å²) in [7, 11) is 0. The van der Waals surface area contributed by atoms with Crippen LogP contribution in [0.4, 0.5) is 0 Å². The van der Waals surface area contributed by atoms with Crippen LogP contribution in [-0.4, -0.2) is 12.6 Å². The summed E-state index contributed by atoms with van der Waals surface area (Å²) >= 11 is 0. The predicted octanol–water partition coefficient (Wildman–Crippen LogP) is 2.42. The average Bonchev–Trinajstić information content (AvgIpc) is 2.81. The molecular formula is C11H21N. The van der Waals surface area contributed by atoms with E-state index in [1.54, 1.807) is 0 Å². The summed E-state index contributed by atoms with van der Waals surface area (Å²) in [5, 5.41) is 3.66. The molecule has 0 radical (unpaired) electrons. The molecule has 2 aliphatic carbocycles. The van der Waals surface area contributed by atoms with Crippen molar-refractivity contribution in [3.05, 3.63) is 0 Å². The molecule has 70 valence electrons. The summed E-state index contributed by atoms with van der Waals surface area (Å²) in [6.45, 7) is 8.35. The summed E-state index contributed by atoms with van der Waals surface area (Å²) in [4.78, 5) is 0. The molecule has 1 N–H and O–H groups in total. The largest absolute Gasteiger partial charge is 0.314 e. The Morgan fingerprint density at radius 1 is 1.42 bits per heavy atom. The minimum absolute atomic E-state index is 0.649. The van der Waals surface area contributed by atoms with E-state index in [-0.39, 0.29) is 0 Å². The van der Waals surface area contributed by atoms with Gasteiger partial charge in [0.2, 0.25) is 0 Å². The Morgan fingerprint density at radius 3 is 2.42 bits per heavy atom. The van der Waals surface area contributed by atoms with Gasteiger partial charge in [-0.2, -0.15) is 0 Å². The topological polar surface area (TPSA) is 12.0 Å². The van der Waals surface area contributed by atoms with Gasteiger partial charge in [0.15, 0.2) is 0 Å². The van der Waals surface area contributed by atoms with Gasteiger partial charge in [0.25, 0.3) is 0 Å². The van der Waals surface area contributed by atoms with Crippen molar-refractivity contribution in [1.29, 1.82) is 0 Å². The molecule has 2 atom stereocenters. The van der Waals surface area contributed by atoms with E-state index >= 15 is 0 Å². The fourth-order valence-corrected chi connectivity index (χ4v) is 2.02. The third-order valence-corrected chi connectivity index (χ3v) is 3.73. The third kappa shape index (κ3) is 1.82. The van der Waals surface area contributed by atoms with Gasteiger partial charge in [-0.05, 0) is 50.0 Å². The van der Waals surface area contributed by atoms with Gasteiger partial charge in [0.05, 0.1) is 0 Å². The van der Waals surface area contributed by atoms with Crippen molar-refractivity contribution in [2.45, 2.75) is 46.1 Å². The van der Waals surface area contributed by atoms with E-state index in [1.807, 2.05) is 0 Å². The molecule has 2 fully saturated rings. The van der Waals surface area contributed by atoms with Crippen molar-refractivity contribution >= 4 is 0 Å². The lowest BCUT2D eigenvalue weighted by Crippen LogP contribution is -2.30. The molecule has 0 spiro atoms. The first kappa shape index (κ1) is 8.55. The molecule has 1 heteroatoms. The van der Waals surface area contributed by atoms with Gasteiger partial charge < -0.3 is 5.32 Å². The van der Waals surface area contributed by atoms with Gasteiger partial charge >= 0.3 is 0 Å². The van der Waals surface area contributed by atoms with Gasteiger partial charge in [-0.3, -0.25) is 0 Å². The normalized spacial score (nSPS) is 34.8. The molecule has 12 heavy (non-hydrogen) atoms. The molecular weight excluding hydrogens is 146 g/mol. The summed E-state index contributed by atoms with van der Waals surface area (Å²) in [5.74, 6) is 1.96. The smallest absolute Gasteiger partial charge is 0.00671 e. The van der Waals surface area contributed by atoms with Crippen LogP contribution in [0.15, 0.2) is 0 Å². The maximum Gasteiger partial charge on any atom is 0.00671 e. The minimum Gasteiger partial charge on any atom is -0.314 e. The van der Waals surface area contributed by atoms with Crippen LogP contribution in [-0.2, 0) is 0 Å². The molecule has 0 aromatic carbocycles. The monoisotopic (exact) mass is 167 g/mol. The molecule has 2 rings (SSSR count). The highest BCUT2D eigenvalue weighted by Crippen LogP contribution is 2.51. The molecule has 0 amide bonds. The van der Waals surface area contributed by atoms with E-state index in [0.717, 1.165) is 17.9 Å². The molecule has 0 bridgehead atoms. The fraction of sp³-hybridized carbons (Fsp3) is 1.00. The van der Waals surface area contributed by atoms with Crippen LogP contribution < -0.4 is 5.32 Å². The van der Waals surface area contributed by atoms with Crippen molar-refractivity contribution in [1.82, 2.24) is 5.32 Å². The SMILES string of the molecule is CC(NCC1CC1(C)C)C1CC1. The number of hydrogen-bond acceptors (Lipinski definition) is 1. The Kier molecular flexibility index (Phi) is 1.95. The molecule has 0 heterocycles. The molecule has 2 unspecified atom stereocenters. The zero-order chi connectivity index (χ0) is 8.77. The summed E-state index contributed by atoms with van der Waals surface area (Å²) in [6.07, 6.45) is 4.35.